The van der Waals surface area contributed by atoms with Gasteiger partial charge >= 0.3 is 7.82 Å². The van der Waals surface area contributed by atoms with Gasteiger partial charge in [0, 0.05) is 11.5 Å². The van der Waals surface area contributed by atoms with Crippen LogP contribution < -0.4 is 0 Å². The van der Waals surface area contributed by atoms with Crippen LogP contribution >= 0.6 is 7.82 Å². The highest BCUT2D eigenvalue weighted by atomic mass is 31.2. The number of hydrogen-bond donors (Lipinski definition) is 3. The van der Waals surface area contributed by atoms with Gasteiger partial charge in [0.1, 0.15) is 12.0 Å². The quantitative estimate of drug-likeness (QED) is 0.109. The van der Waals surface area contributed by atoms with Crippen LogP contribution in [0, 0.1) is 0 Å². The van der Waals surface area contributed by atoms with Gasteiger partial charge in [-0.05, 0) is 6.42 Å². The van der Waals surface area contributed by atoms with E-state index in [2.05, 4.69) is 30.0 Å². The molecule has 0 aliphatic rings. The Morgan fingerprint density at radius 3 is 1.72 bits per heavy atom. The Balaban J connectivity index is 0. The maximum absolute atomic E-state index is 8.88. The Labute approximate surface area is 151 Å². The first-order valence-electron chi connectivity index (χ1n) is 8.88. The molecule has 0 aromatic carbocycles. The second-order valence-electron chi connectivity index (χ2n) is 5.75. The number of hydrogen-bond acceptors (Lipinski definition) is 4. The third-order valence-electron chi connectivity index (χ3n) is 3.32. The van der Waals surface area contributed by atoms with Gasteiger partial charge in [0.15, 0.2) is 0 Å². The molecule has 7 nitrogen and oxygen atoms in total. The van der Waals surface area contributed by atoms with Crippen LogP contribution in [-0.4, -0.2) is 14.7 Å². The number of phosphoric acid groups is 1. The SMILES string of the molecule is C=COOOC(=C)CCCCCCCCCCCCC.O=P(O)(O)O. The van der Waals surface area contributed by atoms with Crippen molar-refractivity contribution < 1.29 is 34.1 Å². The highest BCUT2D eigenvalue weighted by molar-refractivity contribution is 7.45. The van der Waals surface area contributed by atoms with Gasteiger partial charge in [-0.1, -0.05) is 84.3 Å². The molecule has 0 saturated heterocycles. The molecule has 0 aliphatic heterocycles. The average molecular weight is 382 g/mol. The average Bonchev–Trinajstić information content (AvgIpc) is 2.51. The van der Waals surface area contributed by atoms with Crippen molar-refractivity contribution in [3.63, 3.8) is 0 Å². The van der Waals surface area contributed by atoms with Gasteiger partial charge in [-0.3, -0.25) is 0 Å². The fourth-order valence-electron chi connectivity index (χ4n) is 2.12. The van der Waals surface area contributed by atoms with Crippen LogP contribution in [0.3, 0.4) is 0 Å². The van der Waals surface area contributed by atoms with Gasteiger partial charge in [0.25, 0.3) is 0 Å². The van der Waals surface area contributed by atoms with Crippen LogP contribution in [0.15, 0.2) is 25.2 Å². The van der Waals surface area contributed by atoms with Gasteiger partial charge in [0.2, 0.25) is 0 Å². The molecular weight excluding hydrogens is 347 g/mol. The van der Waals surface area contributed by atoms with Crippen LogP contribution in [0.2, 0.25) is 0 Å². The lowest BCUT2D eigenvalue weighted by molar-refractivity contribution is -0.472. The summed E-state index contributed by atoms with van der Waals surface area (Å²) in [6, 6.07) is 0. The van der Waals surface area contributed by atoms with E-state index in [0.717, 1.165) is 19.1 Å². The summed E-state index contributed by atoms with van der Waals surface area (Å²) in [6.07, 6.45) is 16.7. The standard InChI is InChI=1S/C17H32O3.H3O4P/c1-4-6-7-8-9-10-11-12-13-14-15-16-17(3)19-20-18-5-2;1-5(2,3)4/h5H,2-4,6-16H2,1H3;(H3,1,2,3,4). The summed E-state index contributed by atoms with van der Waals surface area (Å²) in [5.74, 6) is 0.600. The minimum Gasteiger partial charge on any atom is -0.308 e. The second kappa shape index (κ2) is 19.5. The second-order valence-corrected chi connectivity index (χ2v) is 6.78. The normalized spacial score (nSPS) is 10.6. The molecule has 25 heavy (non-hydrogen) atoms. The van der Waals surface area contributed by atoms with Gasteiger partial charge in [-0.15, -0.1) is 0 Å². The Morgan fingerprint density at radius 1 is 0.920 bits per heavy atom. The van der Waals surface area contributed by atoms with Crippen molar-refractivity contribution in [2.75, 3.05) is 0 Å². The summed E-state index contributed by atoms with van der Waals surface area (Å²) in [5, 5.41) is 4.38. The predicted octanol–water partition coefficient (Wildman–Crippen LogP) is 5.30. The van der Waals surface area contributed by atoms with E-state index in [4.69, 9.17) is 24.1 Å². The largest absolute Gasteiger partial charge is 0.466 e. The van der Waals surface area contributed by atoms with Crippen molar-refractivity contribution in [3.8, 4) is 0 Å². The molecule has 0 aromatic rings. The van der Waals surface area contributed by atoms with Gasteiger partial charge in [-0.2, -0.15) is 0 Å². The van der Waals surface area contributed by atoms with Gasteiger partial charge < -0.3 is 24.5 Å². The lowest BCUT2D eigenvalue weighted by Crippen LogP contribution is -1.92. The molecule has 0 aliphatic carbocycles. The highest BCUT2D eigenvalue weighted by Crippen LogP contribution is 2.25. The third kappa shape index (κ3) is 35.2. The van der Waals surface area contributed by atoms with Crippen molar-refractivity contribution in [3.05, 3.63) is 25.2 Å². The van der Waals surface area contributed by atoms with Gasteiger partial charge in [0.05, 0.1) is 0 Å². The Kier molecular flexibility index (Phi) is 20.5. The molecule has 0 spiro atoms. The minimum atomic E-state index is -4.64. The zero-order valence-electron chi connectivity index (χ0n) is 15.4. The molecule has 0 radical (unpaired) electrons. The van der Waals surface area contributed by atoms with E-state index in [0.29, 0.717) is 5.76 Å². The molecule has 3 N–H and O–H groups in total. The molecule has 150 valence electrons. The summed E-state index contributed by atoms with van der Waals surface area (Å²) >= 11 is 0. The Morgan fingerprint density at radius 2 is 1.32 bits per heavy atom. The van der Waals surface area contributed by atoms with Crippen molar-refractivity contribution in [2.45, 2.75) is 84.0 Å². The van der Waals surface area contributed by atoms with E-state index < -0.39 is 7.82 Å². The van der Waals surface area contributed by atoms with Crippen molar-refractivity contribution in [1.82, 2.24) is 0 Å². The minimum absolute atomic E-state index is 0.600. The first-order valence-corrected chi connectivity index (χ1v) is 10.4. The van der Waals surface area contributed by atoms with E-state index in [9.17, 15) is 0 Å². The third-order valence-corrected chi connectivity index (χ3v) is 3.32. The predicted molar refractivity (Wildman–Crippen MR) is 97.9 cm³/mol. The van der Waals surface area contributed by atoms with E-state index in [1.807, 2.05) is 0 Å². The van der Waals surface area contributed by atoms with Crippen LogP contribution in [0.25, 0.3) is 0 Å². The maximum atomic E-state index is 8.88. The zero-order valence-corrected chi connectivity index (χ0v) is 16.3. The first-order chi connectivity index (χ1) is 11.8. The van der Waals surface area contributed by atoms with Crippen LogP contribution in [0.5, 0.6) is 0 Å². The first kappa shape index (κ1) is 26.4. The summed E-state index contributed by atoms with van der Waals surface area (Å²) in [5.41, 5.74) is 0. The fraction of sp³-hybridized carbons (Fsp3) is 0.765. The summed E-state index contributed by atoms with van der Waals surface area (Å²) in [4.78, 5) is 30.7. The molecule has 0 atom stereocenters. The maximum Gasteiger partial charge on any atom is 0.466 e. The van der Waals surface area contributed by atoms with Crippen molar-refractivity contribution in [1.29, 1.82) is 0 Å². The van der Waals surface area contributed by atoms with E-state index in [1.54, 1.807) is 0 Å². The smallest absolute Gasteiger partial charge is 0.308 e. The number of unbranched alkanes of at least 4 members (excludes halogenated alkanes) is 10. The molecule has 8 heteroatoms. The van der Waals surface area contributed by atoms with E-state index in [1.165, 1.54) is 64.2 Å². The molecule has 0 heterocycles. The van der Waals surface area contributed by atoms with E-state index in [-0.39, 0.29) is 0 Å². The summed E-state index contributed by atoms with van der Waals surface area (Å²) in [7, 11) is -4.64. The number of allylic oxidation sites excluding steroid dienone is 1. The van der Waals surface area contributed by atoms with Crippen LogP contribution in [-0.2, 0) is 19.4 Å². The number of rotatable bonds is 16. The molecule has 0 saturated carbocycles. The Hall–Kier alpha value is -0.850. The highest BCUT2D eigenvalue weighted by Gasteiger charge is 2.00. The van der Waals surface area contributed by atoms with Crippen LogP contribution in [0.4, 0.5) is 0 Å². The molecule has 0 aromatic heterocycles. The lowest BCUT2D eigenvalue weighted by Gasteiger charge is -2.05. The van der Waals surface area contributed by atoms with Crippen molar-refractivity contribution in [2.24, 2.45) is 0 Å². The van der Waals surface area contributed by atoms with Crippen LogP contribution in [0.1, 0.15) is 84.0 Å². The Bertz CT molecular complexity index is 347. The molecule has 0 fully saturated rings. The molecule has 0 amide bonds. The van der Waals surface area contributed by atoms with E-state index >= 15 is 0 Å². The lowest BCUT2D eigenvalue weighted by atomic mass is 10.1. The molecular formula is C17H35O7P. The summed E-state index contributed by atoms with van der Waals surface area (Å²) < 4.78 is 8.88. The zero-order chi connectivity index (χ0) is 19.4. The fourth-order valence-corrected chi connectivity index (χ4v) is 2.12. The molecule has 0 bridgehead atoms. The monoisotopic (exact) mass is 382 g/mol. The topological polar surface area (TPSA) is 105 Å². The molecule has 0 rings (SSSR count). The van der Waals surface area contributed by atoms with Gasteiger partial charge in [-0.25, -0.2) is 4.57 Å². The summed E-state index contributed by atoms with van der Waals surface area (Å²) in [6.45, 7) is 9.34. The van der Waals surface area contributed by atoms with Crippen molar-refractivity contribution >= 4 is 7.82 Å². The molecule has 0 unspecified atom stereocenters.